The number of hydrogen-bond donors (Lipinski definition) is 1. The molecule has 4 rings (SSSR count). The quantitative estimate of drug-likeness (QED) is 0.789. The Morgan fingerprint density at radius 3 is 2.43 bits per heavy atom. The number of nitrogens with two attached hydrogens (primary N) is 1. The largest absolute Gasteiger partial charge is 0.383 e. The maximum Gasteiger partial charge on any atom is 0.128 e. The lowest BCUT2D eigenvalue weighted by Crippen LogP contribution is -2.14. The molecule has 1 aliphatic rings. The van der Waals surface area contributed by atoms with Gasteiger partial charge in [-0.15, -0.1) is 5.10 Å². The number of rotatable bonds is 2. The van der Waals surface area contributed by atoms with E-state index in [0.717, 1.165) is 33.6 Å². The van der Waals surface area contributed by atoms with Gasteiger partial charge in [-0.1, -0.05) is 54.1 Å². The SMILES string of the molecule is Cc1cccc(-c2nnc3c(c2-c2ccccc2)C(N)=NC3)c1. The molecule has 0 saturated carbocycles. The van der Waals surface area contributed by atoms with Crippen molar-refractivity contribution in [3.8, 4) is 22.4 Å². The van der Waals surface area contributed by atoms with Crippen LogP contribution in [0, 0.1) is 6.92 Å². The molecule has 1 aliphatic heterocycles. The van der Waals surface area contributed by atoms with E-state index < -0.39 is 0 Å². The Hall–Kier alpha value is -3.01. The zero-order valence-corrected chi connectivity index (χ0v) is 12.8. The summed E-state index contributed by atoms with van der Waals surface area (Å²) < 4.78 is 0. The van der Waals surface area contributed by atoms with Gasteiger partial charge in [0, 0.05) is 11.1 Å². The van der Waals surface area contributed by atoms with E-state index >= 15 is 0 Å². The Bertz CT molecular complexity index is 914. The van der Waals surface area contributed by atoms with Gasteiger partial charge in [0.05, 0.1) is 17.8 Å². The fraction of sp³-hybridized carbons (Fsp3) is 0.105. The molecule has 3 aromatic rings. The summed E-state index contributed by atoms with van der Waals surface area (Å²) in [5.41, 5.74) is 13.1. The third-order valence-corrected chi connectivity index (χ3v) is 4.06. The minimum Gasteiger partial charge on any atom is -0.383 e. The van der Waals surface area contributed by atoms with E-state index in [9.17, 15) is 0 Å². The van der Waals surface area contributed by atoms with Gasteiger partial charge in [-0.3, -0.25) is 4.99 Å². The molecule has 2 N–H and O–H groups in total. The minimum atomic E-state index is 0.502. The topological polar surface area (TPSA) is 64.2 Å². The smallest absolute Gasteiger partial charge is 0.128 e. The van der Waals surface area contributed by atoms with Gasteiger partial charge in [-0.05, 0) is 18.6 Å². The van der Waals surface area contributed by atoms with Crippen LogP contribution in [-0.2, 0) is 6.54 Å². The summed E-state index contributed by atoms with van der Waals surface area (Å²) >= 11 is 0. The summed E-state index contributed by atoms with van der Waals surface area (Å²) in [4.78, 5) is 4.33. The van der Waals surface area contributed by atoms with E-state index in [1.807, 2.05) is 24.3 Å². The van der Waals surface area contributed by atoms with E-state index in [1.165, 1.54) is 5.56 Å². The normalized spacial score (nSPS) is 12.8. The van der Waals surface area contributed by atoms with Gasteiger partial charge >= 0.3 is 0 Å². The average molecular weight is 300 g/mol. The standard InChI is InChI=1S/C19H16N4/c1-12-6-5-9-14(10-12)18-16(13-7-3-2-4-8-13)17-15(22-23-18)11-21-19(17)20/h2-10H,11H2,1H3,(H2,20,21). The molecule has 0 atom stereocenters. The summed E-state index contributed by atoms with van der Waals surface area (Å²) in [7, 11) is 0. The number of amidine groups is 1. The molecule has 0 bridgehead atoms. The van der Waals surface area contributed by atoms with Crippen LogP contribution in [0.4, 0.5) is 0 Å². The Labute approximate surface area is 134 Å². The molecule has 0 radical (unpaired) electrons. The van der Waals surface area contributed by atoms with Crippen molar-refractivity contribution in [3.63, 3.8) is 0 Å². The van der Waals surface area contributed by atoms with Crippen molar-refractivity contribution >= 4 is 5.84 Å². The molecule has 0 spiro atoms. The highest BCUT2D eigenvalue weighted by Crippen LogP contribution is 2.36. The molecule has 0 unspecified atom stereocenters. The summed E-state index contributed by atoms with van der Waals surface area (Å²) in [5.74, 6) is 0.544. The molecule has 1 aromatic heterocycles. The van der Waals surface area contributed by atoms with Crippen LogP contribution in [0.5, 0.6) is 0 Å². The maximum atomic E-state index is 6.14. The van der Waals surface area contributed by atoms with E-state index in [4.69, 9.17) is 5.73 Å². The number of aromatic nitrogens is 2. The van der Waals surface area contributed by atoms with E-state index in [2.05, 4.69) is 52.4 Å². The molecule has 2 heterocycles. The van der Waals surface area contributed by atoms with Crippen molar-refractivity contribution in [2.75, 3.05) is 0 Å². The third-order valence-electron chi connectivity index (χ3n) is 4.06. The first-order valence-corrected chi connectivity index (χ1v) is 7.56. The first-order valence-electron chi connectivity index (χ1n) is 7.56. The predicted molar refractivity (Wildman–Crippen MR) is 92.1 cm³/mol. The molecule has 23 heavy (non-hydrogen) atoms. The second kappa shape index (κ2) is 5.32. The van der Waals surface area contributed by atoms with Gasteiger partial charge in [0.15, 0.2) is 0 Å². The molecule has 2 aromatic carbocycles. The summed E-state index contributed by atoms with van der Waals surface area (Å²) in [6, 6.07) is 18.5. The fourth-order valence-corrected chi connectivity index (χ4v) is 2.98. The lowest BCUT2D eigenvalue weighted by Gasteiger charge is -2.13. The summed E-state index contributed by atoms with van der Waals surface area (Å²) in [6.45, 7) is 2.57. The van der Waals surface area contributed by atoms with Crippen molar-refractivity contribution in [1.82, 2.24) is 10.2 Å². The van der Waals surface area contributed by atoms with Gasteiger partial charge in [-0.25, -0.2) is 0 Å². The fourth-order valence-electron chi connectivity index (χ4n) is 2.98. The van der Waals surface area contributed by atoms with Gasteiger partial charge in [-0.2, -0.15) is 5.10 Å². The van der Waals surface area contributed by atoms with Crippen LogP contribution < -0.4 is 5.73 Å². The van der Waals surface area contributed by atoms with Crippen LogP contribution in [0.2, 0.25) is 0 Å². The first-order chi connectivity index (χ1) is 11.2. The summed E-state index contributed by atoms with van der Waals surface area (Å²) in [5, 5.41) is 8.85. The highest BCUT2D eigenvalue weighted by molar-refractivity contribution is 6.08. The molecule has 0 saturated heterocycles. The second-order valence-corrected chi connectivity index (χ2v) is 5.68. The maximum absolute atomic E-state index is 6.14. The van der Waals surface area contributed by atoms with Gasteiger partial charge in [0.2, 0.25) is 0 Å². The van der Waals surface area contributed by atoms with Crippen LogP contribution in [0.25, 0.3) is 22.4 Å². The van der Waals surface area contributed by atoms with Gasteiger partial charge in [0.25, 0.3) is 0 Å². The van der Waals surface area contributed by atoms with Crippen molar-refractivity contribution in [2.24, 2.45) is 10.7 Å². The van der Waals surface area contributed by atoms with E-state index in [1.54, 1.807) is 0 Å². The average Bonchev–Trinajstić information content (AvgIpc) is 2.96. The highest BCUT2D eigenvalue weighted by Gasteiger charge is 2.24. The van der Waals surface area contributed by atoms with E-state index in [-0.39, 0.29) is 0 Å². The third kappa shape index (κ3) is 2.28. The van der Waals surface area contributed by atoms with Crippen LogP contribution in [0.1, 0.15) is 16.8 Å². The molecule has 4 nitrogen and oxygen atoms in total. The van der Waals surface area contributed by atoms with Crippen molar-refractivity contribution in [3.05, 3.63) is 71.4 Å². The Morgan fingerprint density at radius 2 is 1.65 bits per heavy atom. The van der Waals surface area contributed by atoms with Gasteiger partial charge < -0.3 is 5.73 Å². The highest BCUT2D eigenvalue weighted by atomic mass is 15.1. The van der Waals surface area contributed by atoms with E-state index in [0.29, 0.717) is 12.4 Å². The molecule has 0 amide bonds. The minimum absolute atomic E-state index is 0.502. The van der Waals surface area contributed by atoms with Crippen LogP contribution in [0.3, 0.4) is 0 Å². The number of benzene rings is 2. The van der Waals surface area contributed by atoms with Gasteiger partial charge in [0.1, 0.15) is 11.5 Å². The Kier molecular flexibility index (Phi) is 3.15. The lowest BCUT2D eigenvalue weighted by molar-refractivity contribution is 0.923. The first kappa shape index (κ1) is 13.6. The number of aryl methyl sites for hydroxylation is 1. The number of aliphatic imine (C=N–C) groups is 1. The molecule has 0 fully saturated rings. The van der Waals surface area contributed by atoms with Crippen molar-refractivity contribution in [1.29, 1.82) is 0 Å². The van der Waals surface area contributed by atoms with Crippen LogP contribution >= 0.6 is 0 Å². The molecule has 112 valence electrons. The van der Waals surface area contributed by atoms with Crippen molar-refractivity contribution < 1.29 is 0 Å². The number of hydrogen-bond acceptors (Lipinski definition) is 4. The predicted octanol–water partition coefficient (Wildman–Crippen LogP) is 3.34. The second-order valence-electron chi connectivity index (χ2n) is 5.68. The summed E-state index contributed by atoms with van der Waals surface area (Å²) in [6.07, 6.45) is 0. The zero-order valence-electron chi connectivity index (χ0n) is 12.8. The molecule has 0 aliphatic carbocycles. The van der Waals surface area contributed by atoms with Crippen LogP contribution in [0.15, 0.2) is 59.6 Å². The van der Waals surface area contributed by atoms with Crippen molar-refractivity contribution in [2.45, 2.75) is 13.5 Å². The Morgan fingerprint density at radius 1 is 0.870 bits per heavy atom. The monoisotopic (exact) mass is 300 g/mol. The molecular formula is C19H16N4. The lowest BCUT2D eigenvalue weighted by atomic mass is 9.93. The zero-order chi connectivity index (χ0) is 15.8. The van der Waals surface area contributed by atoms with Crippen LogP contribution in [-0.4, -0.2) is 16.0 Å². The number of nitrogens with zero attached hydrogens (tertiary/aromatic N) is 3. The number of fused-ring (bicyclic) bond motifs is 1. The Balaban J connectivity index is 2.04. The molecular weight excluding hydrogens is 284 g/mol. The molecule has 4 heteroatoms.